The first-order chi connectivity index (χ1) is 12.0. The Bertz CT molecular complexity index is 978. The van der Waals surface area contributed by atoms with Crippen LogP contribution in [0.5, 0.6) is 0 Å². The van der Waals surface area contributed by atoms with Crippen molar-refractivity contribution in [2.24, 2.45) is 7.05 Å². The van der Waals surface area contributed by atoms with Gasteiger partial charge in [0.1, 0.15) is 5.82 Å². The average molecular weight is 358 g/mol. The van der Waals surface area contributed by atoms with Gasteiger partial charge in [0.15, 0.2) is 5.16 Å². The molecule has 0 saturated heterocycles. The van der Waals surface area contributed by atoms with Crippen LogP contribution >= 0.6 is 11.8 Å². The van der Waals surface area contributed by atoms with Crippen molar-refractivity contribution >= 4 is 11.8 Å². The summed E-state index contributed by atoms with van der Waals surface area (Å²) in [6.07, 6.45) is 5.04. The van der Waals surface area contributed by atoms with Crippen LogP contribution in [0.15, 0.2) is 57.6 Å². The molecule has 0 spiro atoms. The van der Waals surface area contributed by atoms with E-state index in [0.29, 0.717) is 22.9 Å². The number of benzene rings is 1. The quantitative estimate of drug-likeness (QED) is 0.556. The predicted octanol–water partition coefficient (Wildman–Crippen LogP) is 1.89. The van der Waals surface area contributed by atoms with Crippen LogP contribution in [0.2, 0.25) is 0 Å². The SMILES string of the molecule is Cn1cc(Cc2cnc(=O)[nH]c2)c(=O)nc1SCc1ccc(F)cc1. The zero-order chi connectivity index (χ0) is 17.8. The molecule has 128 valence electrons. The summed E-state index contributed by atoms with van der Waals surface area (Å²) in [5, 5.41) is 0.581. The van der Waals surface area contributed by atoms with E-state index in [0.717, 1.165) is 11.1 Å². The lowest BCUT2D eigenvalue weighted by Crippen LogP contribution is -2.19. The van der Waals surface area contributed by atoms with E-state index in [-0.39, 0.29) is 11.4 Å². The Morgan fingerprint density at radius 3 is 2.64 bits per heavy atom. The lowest BCUT2D eigenvalue weighted by molar-refractivity contribution is 0.627. The Morgan fingerprint density at radius 1 is 1.20 bits per heavy atom. The number of nitrogens with zero attached hydrogens (tertiary/aromatic N) is 3. The highest BCUT2D eigenvalue weighted by atomic mass is 32.2. The fourth-order valence-corrected chi connectivity index (χ4v) is 3.14. The maximum absolute atomic E-state index is 12.9. The smallest absolute Gasteiger partial charge is 0.330 e. The second-order valence-electron chi connectivity index (χ2n) is 5.48. The number of aromatic amines is 1. The van der Waals surface area contributed by atoms with Crippen molar-refractivity contribution in [2.45, 2.75) is 17.3 Å². The molecule has 0 aliphatic carbocycles. The van der Waals surface area contributed by atoms with Gasteiger partial charge in [-0.1, -0.05) is 23.9 Å². The first-order valence-electron chi connectivity index (χ1n) is 7.48. The summed E-state index contributed by atoms with van der Waals surface area (Å²) in [7, 11) is 1.81. The van der Waals surface area contributed by atoms with Crippen molar-refractivity contribution in [1.29, 1.82) is 0 Å². The van der Waals surface area contributed by atoms with Crippen molar-refractivity contribution in [2.75, 3.05) is 0 Å². The van der Waals surface area contributed by atoms with Gasteiger partial charge in [-0.2, -0.15) is 4.98 Å². The minimum Gasteiger partial charge on any atom is -0.330 e. The van der Waals surface area contributed by atoms with E-state index in [9.17, 15) is 14.0 Å². The fourth-order valence-electron chi connectivity index (χ4n) is 2.25. The van der Waals surface area contributed by atoms with E-state index >= 15 is 0 Å². The number of thioether (sulfide) groups is 1. The van der Waals surface area contributed by atoms with Crippen LogP contribution in [0.4, 0.5) is 4.39 Å². The average Bonchev–Trinajstić information content (AvgIpc) is 2.60. The third kappa shape index (κ3) is 4.42. The van der Waals surface area contributed by atoms with Gasteiger partial charge in [-0.25, -0.2) is 14.2 Å². The molecular weight excluding hydrogens is 343 g/mol. The molecule has 3 rings (SSSR count). The first-order valence-corrected chi connectivity index (χ1v) is 8.47. The molecule has 6 nitrogen and oxygen atoms in total. The van der Waals surface area contributed by atoms with Gasteiger partial charge in [0.2, 0.25) is 0 Å². The third-order valence-corrected chi connectivity index (χ3v) is 4.64. The van der Waals surface area contributed by atoms with Crippen LogP contribution in [0.25, 0.3) is 0 Å². The molecule has 2 aromatic heterocycles. The lowest BCUT2D eigenvalue weighted by Gasteiger charge is -2.09. The van der Waals surface area contributed by atoms with Crippen molar-refractivity contribution in [3.63, 3.8) is 0 Å². The number of aromatic nitrogens is 4. The summed E-state index contributed by atoms with van der Waals surface area (Å²) in [5.41, 5.74) is 1.45. The number of hydrogen-bond donors (Lipinski definition) is 1. The number of nitrogens with one attached hydrogen (secondary N) is 1. The highest BCUT2D eigenvalue weighted by Gasteiger charge is 2.09. The molecule has 0 amide bonds. The Morgan fingerprint density at radius 2 is 1.96 bits per heavy atom. The molecular formula is C17H15FN4O2S. The summed E-state index contributed by atoms with van der Waals surface area (Å²) in [4.78, 5) is 33.5. The van der Waals surface area contributed by atoms with E-state index in [1.165, 1.54) is 36.3 Å². The third-order valence-electron chi connectivity index (χ3n) is 3.53. The Hall–Kier alpha value is -2.74. The zero-order valence-corrected chi connectivity index (χ0v) is 14.2. The van der Waals surface area contributed by atoms with Gasteiger partial charge in [0.05, 0.1) is 0 Å². The minimum absolute atomic E-state index is 0.277. The van der Waals surface area contributed by atoms with E-state index in [1.807, 2.05) is 7.05 Å². The molecule has 3 aromatic rings. The van der Waals surface area contributed by atoms with E-state index in [4.69, 9.17) is 0 Å². The number of halogens is 1. The lowest BCUT2D eigenvalue weighted by atomic mass is 10.1. The summed E-state index contributed by atoms with van der Waals surface area (Å²) in [5.74, 6) is 0.310. The van der Waals surface area contributed by atoms with Gasteiger partial charge in [-0.3, -0.25) is 4.79 Å². The predicted molar refractivity (Wildman–Crippen MR) is 93.1 cm³/mol. The summed E-state index contributed by atoms with van der Waals surface area (Å²) in [6, 6.07) is 6.23. The van der Waals surface area contributed by atoms with Crippen LogP contribution < -0.4 is 11.2 Å². The number of H-pyrrole nitrogens is 1. The second-order valence-corrected chi connectivity index (χ2v) is 6.43. The van der Waals surface area contributed by atoms with Gasteiger partial charge in [0.25, 0.3) is 5.56 Å². The van der Waals surface area contributed by atoms with E-state index < -0.39 is 5.69 Å². The van der Waals surface area contributed by atoms with E-state index in [2.05, 4.69) is 15.0 Å². The molecule has 1 aromatic carbocycles. The van der Waals surface area contributed by atoms with Gasteiger partial charge < -0.3 is 9.55 Å². The van der Waals surface area contributed by atoms with Crippen molar-refractivity contribution in [1.82, 2.24) is 19.5 Å². The van der Waals surface area contributed by atoms with Crippen LogP contribution in [-0.4, -0.2) is 19.5 Å². The van der Waals surface area contributed by atoms with Gasteiger partial charge in [0, 0.05) is 43.4 Å². The fraction of sp³-hybridized carbons (Fsp3) is 0.176. The van der Waals surface area contributed by atoms with Gasteiger partial charge in [-0.05, 0) is 23.3 Å². The van der Waals surface area contributed by atoms with Crippen molar-refractivity contribution < 1.29 is 4.39 Å². The molecule has 0 bridgehead atoms. The second kappa shape index (κ2) is 7.43. The first kappa shape index (κ1) is 17.1. The summed E-state index contributed by atoms with van der Waals surface area (Å²) < 4.78 is 14.7. The Balaban J connectivity index is 1.75. The number of aryl methyl sites for hydroxylation is 1. The maximum atomic E-state index is 12.9. The minimum atomic E-state index is -0.428. The van der Waals surface area contributed by atoms with Gasteiger partial charge in [-0.15, -0.1) is 0 Å². The Kier molecular flexibility index (Phi) is 5.08. The molecule has 25 heavy (non-hydrogen) atoms. The van der Waals surface area contributed by atoms with Crippen LogP contribution in [0.3, 0.4) is 0 Å². The normalized spacial score (nSPS) is 10.8. The molecule has 0 aliphatic heterocycles. The summed E-state index contributed by atoms with van der Waals surface area (Å²) in [6.45, 7) is 0. The standard InChI is InChI=1S/C17H15FN4O2S/c1-22-9-13(6-12-7-19-16(24)20-8-12)15(23)21-17(22)25-10-11-2-4-14(18)5-3-11/h2-5,7-9H,6,10H2,1H3,(H,19,20,24). The molecule has 0 fully saturated rings. The maximum Gasteiger partial charge on any atom is 0.344 e. The summed E-state index contributed by atoms with van der Waals surface area (Å²) >= 11 is 1.41. The van der Waals surface area contributed by atoms with E-state index in [1.54, 1.807) is 22.9 Å². The molecule has 0 aliphatic rings. The molecule has 0 atom stereocenters. The Labute approximate surface area is 146 Å². The molecule has 0 radical (unpaired) electrons. The number of hydrogen-bond acceptors (Lipinski definition) is 5. The topological polar surface area (TPSA) is 80.6 Å². The molecule has 0 saturated carbocycles. The molecule has 2 heterocycles. The molecule has 8 heteroatoms. The monoisotopic (exact) mass is 358 g/mol. The highest BCUT2D eigenvalue weighted by molar-refractivity contribution is 7.98. The zero-order valence-electron chi connectivity index (χ0n) is 13.4. The van der Waals surface area contributed by atoms with Crippen LogP contribution in [0, 0.1) is 5.82 Å². The van der Waals surface area contributed by atoms with Crippen molar-refractivity contribution in [3.05, 3.63) is 86.2 Å². The van der Waals surface area contributed by atoms with Crippen LogP contribution in [-0.2, 0) is 19.2 Å². The molecule has 1 N–H and O–H groups in total. The largest absolute Gasteiger partial charge is 0.344 e. The van der Waals surface area contributed by atoms with Crippen molar-refractivity contribution in [3.8, 4) is 0 Å². The van der Waals surface area contributed by atoms with Crippen LogP contribution in [0.1, 0.15) is 16.7 Å². The molecule has 0 unspecified atom stereocenters. The van der Waals surface area contributed by atoms with Gasteiger partial charge >= 0.3 is 5.69 Å². The highest BCUT2D eigenvalue weighted by Crippen LogP contribution is 2.20. The number of rotatable bonds is 5.